The van der Waals surface area contributed by atoms with E-state index in [1.807, 2.05) is 11.4 Å². The molecule has 0 saturated heterocycles. The molecule has 0 radical (unpaired) electrons. The van der Waals surface area contributed by atoms with Crippen LogP contribution in [-0.4, -0.2) is 24.7 Å². The standard InChI is InChI=1S/C13H20N2O2S2/c1-2-3-4-9-19(16,17)15-10-11(5-7-14)12-6-8-18-13(12)15/h6,8,10H,2-5,7,9,14H2,1H3. The zero-order chi connectivity index (χ0) is 13.9. The molecule has 0 amide bonds. The maximum Gasteiger partial charge on any atom is 0.239 e. The quantitative estimate of drug-likeness (QED) is 0.799. The van der Waals surface area contributed by atoms with Crippen molar-refractivity contribution in [3.63, 3.8) is 0 Å². The van der Waals surface area contributed by atoms with Gasteiger partial charge in [-0.3, -0.25) is 0 Å². The topological polar surface area (TPSA) is 65.1 Å². The number of fused-ring (bicyclic) bond motifs is 1. The van der Waals surface area contributed by atoms with Crippen LogP contribution in [0.15, 0.2) is 17.6 Å². The largest absolute Gasteiger partial charge is 0.330 e. The molecule has 0 unspecified atom stereocenters. The van der Waals surface area contributed by atoms with Crippen molar-refractivity contribution in [3.05, 3.63) is 23.2 Å². The van der Waals surface area contributed by atoms with E-state index in [2.05, 4.69) is 6.92 Å². The normalized spacial score (nSPS) is 12.3. The van der Waals surface area contributed by atoms with Crippen LogP contribution in [-0.2, 0) is 16.4 Å². The van der Waals surface area contributed by atoms with Gasteiger partial charge in [0.05, 0.1) is 5.75 Å². The maximum absolute atomic E-state index is 12.4. The number of hydrogen-bond donors (Lipinski definition) is 1. The lowest BCUT2D eigenvalue weighted by Crippen LogP contribution is -2.15. The highest BCUT2D eigenvalue weighted by Gasteiger charge is 2.19. The highest BCUT2D eigenvalue weighted by Crippen LogP contribution is 2.28. The summed E-state index contributed by atoms with van der Waals surface area (Å²) in [5.41, 5.74) is 6.61. The van der Waals surface area contributed by atoms with Gasteiger partial charge in [-0.1, -0.05) is 19.8 Å². The predicted molar refractivity (Wildman–Crippen MR) is 81.3 cm³/mol. The molecule has 0 aliphatic rings. The average Bonchev–Trinajstić information content (AvgIpc) is 2.93. The van der Waals surface area contributed by atoms with Gasteiger partial charge in [-0.05, 0) is 36.4 Å². The molecule has 0 spiro atoms. The minimum absolute atomic E-state index is 0.213. The first-order chi connectivity index (χ1) is 9.10. The third-order valence-corrected chi connectivity index (χ3v) is 5.90. The van der Waals surface area contributed by atoms with Crippen molar-refractivity contribution in [2.75, 3.05) is 12.3 Å². The highest BCUT2D eigenvalue weighted by molar-refractivity contribution is 7.90. The van der Waals surface area contributed by atoms with Gasteiger partial charge in [0.15, 0.2) is 0 Å². The van der Waals surface area contributed by atoms with E-state index in [-0.39, 0.29) is 5.75 Å². The summed E-state index contributed by atoms with van der Waals surface area (Å²) >= 11 is 1.47. The van der Waals surface area contributed by atoms with E-state index in [0.29, 0.717) is 13.0 Å². The summed E-state index contributed by atoms with van der Waals surface area (Å²) in [6, 6.07) is 1.98. The summed E-state index contributed by atoms with van der Waals surface area (Å²) in [5.74, 6) is 0.213. The van der Waals surface area contributed by atoms with E-state index in [1.54, 1.807) is 6.20 Å². The van der Waals surface area contributed by atoms with E-state index in [1.165, 1.54) is 15.3 Å². The molecule has 2 aromatic rings. The molecule has 0 atom stereocenters. The summed E-state index contributed by atoms with van der Waals surface area (Å²) in [6.45, 7) is 2.60. The zero-order valence-electron chi connectivity index (χ0n) is 11.1. The van der Waals surface area contributed by atoms with Gasteiger partial charge in [0.25, 0.3) is 0 Å². The van der Waals surface area contributed by atoms with E-state index in [4.69, 9.17) is 5.73 Å². The lowest BCUT2D eigenvalue weighted by atomic mass is 10.2. The van der Waals surface area contributed by atoms with E-state index in [0.717, 1.165) is 35.0 Å². The molecule has 0 saturated carbocycles. The van der Waals surface area contributed by atoms with E-state index >= 15 is 0 Å². The van der Waals surface area contributed by atoms with Crippen LogP contribution >= 0.6 is 11.3 Å². The summed E-state index contributed by atoms with van der Waals surface area (Å²) in [7, 11) is -3.24. The van der Waals surface area contributed by atoms with Crippen LogP contribution < -0.4 is 5.73 Å². The van der Waals surface area contributed by atoms with Crippen molar-refractivity contribution in [1.29, 1.82) is 0 Å². The van der Waals surface area contributed by atoms with Gasteiger partial charge in [0, 0.05) is 11.6 Å². The van der Waals surface area contributed by atoms with Crippen molar-refractivity contribution in [2.45, 2.75) is 32.6 Å². The van der Waals surface area contributed by atoms with Crippen molar-refractivity contribution >= 4 is 31.6 Å². The molecule has 0 aliphatic heterocycles. The fourth-order valence-corrected chi connectivity index (χ4v) is 4.87. The zero-order valence-corrected chi connectivity index (χ0v) is 12.8. The van der Waals surface area contributed by atoms with Crippen molar-refractivity contribution in [3.8, 4) is 0 Å². The lowest BCUT2D eigenvalue weighted by molar-refractivity contribution is 0.584. The van der Waals surface area contributed by atoms with Crippen LogP contribution in [0.1, 0.15) is 31.7 Å². The Morgan fingerprint density at radius 3 is 2.84 bits per heavy atom. The molecule has 4 nitrogen and oxygen atoms in total. The van der Waals surface area contributed by atoms with Crippen molar-refractivity contribution < 1.29 is 8.42 Å². The van der Waals surface area contributed by atoms with Crippen LogP contribution in [0.3, 0.4) is 0 Å². The van der Waals surface area contributed by atoms with Crippen LogP contribution in [0, 0.1) is 0 Å². The van der Waals surface area contributed by atoms with Crippen molar-refractivity contribution in [1.82, 2.24) is 3.97 Å². The molecule has 0 bridgehead atoms. The first-order valence-corrected chi connectivity index (χ1v) is 9.09. The van der Waals surface area contributed by atoms with Gasteiger partial charge < -0.3 is 5.73 Å². The monoisotopic (exact) mass is 300 g/mol. The number of hydrogen-bond acceptors (Lipinski definition) is 4. The van der Waals surface area contributed by atoms with Gasteiger partial charge >= 0.3 is 0 Å². The average molecular weight is 300 g/mol. The molecule has 0 aromatic carbocycles. The second-order valence-corrected chi connectivity index (χ2v) is 7.51. The Labute approximate surface area is 118 Å². The van der Waals surface area contributed by atoms with E-state index in [9.17, 15) is 8.42 Å². The molecular formula is C13H20N2O2S2. The molecule has 2 aromatic heterocycles. The fraction of sp³-hybridized carbons (Fsp3) is 0.538. The Hall–Kier alpha value is -0.850. The Balaban J connectivity index is 2.36. The smallest absolute Gasteiger partial charge is 0.239 e. The Morgan fingerprint density at radius 2 is 2.16 bits per heavy atom. The van der Waals surface area contributed by atoms with Gasteiger partial charge in [0.1, 0.15) is 4.83 Å². The fourth-order valence-electron chi connectivity index (χ4n) is 2.18. The van der Waals surface area contributed by atoms with Gasteiger partial charge in [-0.25, -0.2) is 12.4 Å². The van der Waals surface area contributed by atoms with E-state index < -0.39 is 10.0 Å². The highest BCUT2D eigenvalue weighted by atomic mass is 32.2. The molecule has 0 aliphatic carbocycles. The molecule has 6 heteroatoms. The summed E-state index contributed by atoms with van der Waals surface area (Å²) in [4.78, 5) is 0.819. The SMILES string of the molecule is CCCCCS(=O)(=O)n1cc(CCN)c2ccsc21. The first-order valence-electron chi connectivity index (χ1n) is 6.61. The molecule has 0 fully saturated rings. The molecule has 2 heterocycles. The summed E-state index contributed by atoms with van der Waals surface area (Å²) in [6.07, 6.45) is 5.15. The van der Waals surface area contributed by atoms with Gasteiger partial charge in [-0.15, -0.1) is 11.3 Å². The summed E-state index contributed by atoms with van der Waals surface area (Å²) in [5, 5.41) is 2.96. The Bertz CT molecular complexity index is 641. The van der Waals surface area contributed by atoms with Crippen LogP contribution in [0.5, 0.6) is 0 Å². The number of aromatic nitrogens is 1. The van der Waals surface area contributed by atoms with Gasteiger partial charge in [-0.2, -0.15) is 0 Å². The minimum atomic E-state index is -3.24. The third-order valence-electron chi connectivity index (χ3n) is 3.18. The van der Waals surface area contributed by atoms with Crippen LogP contribution in [0.2, 0.25) is 0 Å². The Morgan fingerprint density at radius 1 is 1.37 bits per heavy atom. The molecule has 19 heavy (non-hydrogen) atoms. The number of thiophene rings is 1. The second-order valence-electron chi connectivity index (χ2n) is 4.65. The number of nitrogens with zero attached hydrogens (tertiary/aromatic N) is 1. The number of nitrogens with two attached hydrogens (primary N) is 1. The lowest BCUT2D eigenvalue weighted by Gasteiger charge is -2.05. The predicted octanol–water partition coefficient (Wildman–Crippen LogP) is 2.57. The first kappa shape index (κ1) is 14.6. The third kappa shape index (κ3) is 3.01. The number of unbranched alkanes of at least 4 members (excludes halogenated alkanes) is 2. The molecule has 106 valence electrons. The van der Waals surface area contributed by atoms with Crippen molar-refractivity contribution in [2.24, 2.45) is 5.73 Å². The summed E-state index contributed by atoms with van der Waals surface area (Å²) < 4.78 is 26.2. The molecule has 2 rings (SSSR count). The molecular weight excluding hydrogens is 280 g/mol. The van der Waals surface area contributed by atoms with Crippen LogP contribution in [0.4, 0.5) is 0 Å². The Kier molecular flexibility index (Phi) is 4.65. The van der Waals surface area contributed by atoms with Gasteiger partial charge in [0.2, 0.25) is 10.0 Å². The minimum Gasteiger partial charge on any atom is -0.330 e. The maximum atomic E-state index is 12.4. The number of rotatable bonds is 7. The molecule has 2 N–H and O–H groups in total. The van der Waals surface area contributed by atoms with Crippen LogP contribution in [0.25, 0.3) is 10.2 Å². The second kappa shape index (κ2) is 6.07.